The van der Waals surface area contributed by atoms with E-state index in [4.69, 9.17) is 20.9 Å². The molecule has 19 heavy (non-hydrogen) atoms. The molecule has 0 saturated carbocycles. The normalized spacial score (nSPS) is 12.9. The lowest BCUT2D eigenvalue weighted by atomic mass is 10.5. The molecular weight excluding hydrogens is 252 g/mol. The van der Waals surface area contributed by atoms with Crippen LogP contribution in [0.25, 0.3) is 11.2 Å². The number of aliphatic hydroxyl groups excluding tert-OH is 1. The Morgan fingerprint density at radius 3 is 2.84 bits per heavy atom. The molecule has 104 valence electrons. The Hall–Kier alpha value is -1.97. The number of nitrogens with two attached hydrogens (primary N) is 2. The highest BCUT2D eigenvalue weighted by molar-refractivity contribution is 5.82. The summed E-state index contributed by atoms with van der Waals surface area (Å²) in [7, 11) is 1.57. The third kappa shape index (κ3) is 2.72. The highest BCUT2D eigenvalue weighted by Gasteiger charge is 2.17. The van der Waals surface area contributed by atoms with Gasteiger partial charge in [-0.05, 0) is 0 Å². The van der Waals surface area contributed by atoms with Crippen molar-refractivity contribution < 1.29 is 14.6 Å². The third-order valence-electron chi connectivity index (χ3n) is 2.53. The van der Waals surface area contributed by atoms with Crippen LogP contribution in [0.5, 0.6) is 0 Å². The van der Waals surface area contributed by atoms with Gasteiger partial charge in [-0.15, -0.1) is 0 Å². The molecule has 0 aliphatic rings. The first-order valence-electron chi connectivity index (χ1n) is 5.64. The Morgan fingerprint density at radius 1 is 1.37 bits per heavy atom. The smallest absolute Gasteiger partial charge is 0.224 e. The first kappa shape index (κ1) is 13.5. The summed E-state index contributed by atoms with van der Waals surface area (Å²) in [5, 5.41) is 9.37. The first-order chi connectivity index (χ1) is 9.17. The molecule has 5 N–H and O–H groups in total. The molecule has 2 aromatic heterocycles. The van der Waals surface area contributed by atoms with Gasteiger partial charge in [-0.3, -0.25) is 4.57 Å². The molecule has 2 aromatic rings. The lowest BCUT2D eigenvalue weighted by Gasteiger charge is -2.17. The van der Waals surface area contributed by atoms with Gasteiger partial charge >= 0.3 is 0 Å². The first-order valence-corrected chi connectivity index (χ1v) is 5.64. The molecule has 0 saturated heterocycles. The van der Waals surface area contributed by atoms with Gasteiger partial charge in [-0.1, -0.05) is 0 Å². The van der Waals surface area contributed by atoms with Crippen molar-refractivity contribution in [3.63, 3.8) is 0 Å². The average molecular weight is 268 g/mol. The van der Waals surface area contributed by atoms with Crippen LogP contribution in [0, 0.1) is 0 Å². The number of hydrogen-bond donors (Lipinski definition) is 3. The van der Waals surface area contributed by atoms with Crippen molar-refractivity contribution in [3.8, 4) is 0 Å². The van der Waals surface area contributed by atoms with Crippen LogP contribution in [0.3, 0.4) is 0 Å². The molecule has 2 heterocycles. The molecule has 0 aliphatic carbocycles. The van der Waals surface area contributed by atoms with E-state index in [9.17, 15) is 5.11 Å². The molecule has 0 bridgehead atoms. The number of methoxy groups -OCH3 is 1. The van der Waals surface area contributed by atoms with E-state index in [-0.39, 0.29) is 18.4 Å². The molecule has 0 amide bonds. The highest BCUT2D eigenvalue weighted by atomic mass is 16.5. The molecule has 9 heteroatoms. The molecule has 0 spiro atoms. The second-order valence-electron chi connectivity index (χ2n) is 3.79. The van der Waals surface area contributed by atoms with Crippen LogP contribution in [0.15, 0.2) is 6.33 Å². The van der Waals surface area contributed by atoms with E-state index in [1.807, 2.05) is 0 Å². The van der Waals surface area contributed by atoms with Crippen LogP contribution in [-0.4, -0.2) is 51.6 Å². The Kier molecular flexibility index (Phi) is 4.10. The maximum Gasteiger partial charge on any atom is 0.224 e. The number of nitrogen functional groups attached to an aromatic ring is 2. The summed E-state index contributed by atoms with van der Waals surface area (Å²) >= 11 is 0. The van der Waals surface area contributed by atoms with Crippen LogP contribution in [0.2, 0.25) is 0 Å². The van der Waals surface area contributed by atoms with Gasteiger partial charge in [-0.2, -0.15) is 9.97 Å². The molecule has 0 radical (unpaired) electrons. The Bertz CT molecular complexity index is 557. The van der Waals surface area contributed by atoms with Crippen LogP contribution >= 0.6 is 0 Å². The SMILES string of the molecule is COCCOC(CO)n1cnc2c(N)nc(N)nc21. The maximum atomic E-state index is 9.37. The largest absolute Gasteiger partial charge is 0.392 e. The number of fused-ring (bicyclic) bond motifs is 1. The number of rotatable bonds is 6. The lowest BCUT2D eigenvalue weighted by Crippen LogP contribution is -2.19. The number of anilines is 2. The quantitative estimate of drug-likeness (QED) is 0.576. The second kappa shape index (κ2) is 5.78. The van der Waals surface area contributed by atoms with E-state index >= 15 is 0 Å². The molecule has 0 fully saturated rings. The molecule has 2 rings (SSSR count). The Balaban J connectivity index is 2.32. The molecule has 9 nitrogen and oxygen atoms in total. The van der Waals surface area contributed by atoms with E-state index in [1.54, 1.807) is 11.7 Å². The van der Waals surface area contributed by atoms with Crippen LogP contribution in [0.1, 0.15) is 6.23 Å². The maximum absolute atomic E-state index is 9.37. The minimum atomic E-state index is -0.631. The fourth-order valence-corrected chi connectivity index (χ4v) is 1.66. The van der Waals surface area contributed by atoms with Gasteiger partial charge in [0.25, 0.3) is 0 Å². The Labute approximate surface area is 109 Å². The fourth-order valence-electron chi connectivity index (χ4n) is 1.66. The molecule has 1 unspecified atom stereocenters. The monoisotopic (exact) mass is 268 g/mol. The third-order valence-corrected chi connectivity index (χ3v) is 2.53. The zero-order valence-corrected chi connectivity index (χ0v) is 10.5. The van der Waals surface area contributed by atoms with Gasteiger partial charge in [-0.25, -0.2) is 4.98 Å². The van der Waals surface area contributed by atoms with Crippen molar-refractivity contribution in [2.24, 2.45) is 0 Å². The van der Waals surface area contributed by atoms with Crippen LogP contribution in [-0.2, 0) is 9.47 Å². The zero-order valence-electron chi connectivity index (χ0n) is 10.5. The average Bonchev–Trinajstić information content (AvgIpc) is 2.79. The Morgan fingerprint density at radius 2 is 2.16 bits per heavy atom. The number of ether oxygens (including phenoxy) is 2. The van der Waals surface area contributed by atoms with E-state index in [0.29, 0.717) is 24.4 Å². The van der Waals surface area contributed by atoms with Crippen molar-refractivity contribution in [2.45, 2.75) is 6.23 Å². The van der Waals surface area contributed by atoms with Gasteiger partial charge in [0.1, 0.15) is 5.52 Å². The van der Waals surface area contributed by atoms with E-state index in [0.717, 1.165) is 0 Å². The molecule has 0 aromatic carbocycles. The topological polar surface area (TPSA) is 134 Å². The summed E-state index contributed by atoms with van der Waals surface area (Å²) in [4.78, 5) is 12.0. The summed E-state index contributed by atoms with van der Waals surface area (Å²) in [6.45, 7) is 0.513. The fraction of sp³-hybridized carbons (Fsp3) is 0.500. The van der Waals surface area contributed by atoms with Crippen molar-refractivity contribution >= 4 is 22.9 Å². The summed E-state index contributed by atoms with van der Waals surface area (Å²) in [5.41, 5.74) is 12.1. The van der Waals surface area contributed by atoms with E-state index in [2.05, 4.69) is 15.0 Å². The standard InChI is InChI=1S/C10H16N6O3/c1-18-2-3-19-6(4-17)16-5-13-7-8(11)14-10(12)15-9(7)16/h5-6,17H,2-4H2,1H3,(H4,11,12,14,15). The molecular formula is C10H16N6O3. The lowest BCUT2D eigenvalue weighted by molar-refractivity contribution is -0.0493. The number of hydrogen-bond acceptors (Lipinski definition) is 8. The summed E-state index contributed by atoms with van der Waals surface area (Å²) < 4.78 is 11.9. The zero-order chi connectivity index (χ0) is 13.8. The summed E-state index contributed by atoms with van der Waals surface area (Å²) in [5.74, 6) is 0.232. The molecule has 1 atom stereocenters. The molecule has 0 aliphatic heterocycles. The number of aromatic nitrogens is 4. The van der Waals surface area contributed by atoms with Gasteiger partial charge in [0.2, 0.25) is 5.95 Å². The van der Waals surface area contributed by atoms with Crippen molar-refractivity contribution in [2.75, 3.05) is 38.4 Å². The van der Waals surface area contributed by atoms with E-state index in [1.165, 1.54) is 6.33 Å². The number of imidazole rings is 1. The van der Waals surface area contributed by atoms with E-state index < -0.39 is 6.23 Å². The van der Waals surface area contributed by atoms with Gasteiger partial charge in [0, 0.05) is 7.11 Å². The predicted molar refractivity (Wildman–Crippen MR) is 68.1 cm³/mol. The van der Waals surface area contributed by atoms with Gasteiger partial charge in [0.15, 0.2) is 17.7 Å². The van der Waals surface area contributed by atoms with Gasteiger partial charge in [0.05, 0.1) is 26.1 Å². The number of nitrogens with zero attached hydrogens (tertiary/aromatic N) is 4. The van der Waals surface area contributed by atoms with Gasteiger partial charge < -0.3 is 26.0 Å². The minimum absolute atomic E-state index is 0.0420. The minimum Gasteiger partial charge on any atom is -0.392 e. The van der Waals surface area contributed by atoms with Crippen LogP contribution < -0.4 is 11.5 Å². The highest BCUT2D eigenvalue weighted by Crippen LogP contribution is 2.20. The summed E-state index contributed by atoms with van der Waals surface area (Å²) in [6, 6.07) is 0. The number of aliphatic hydroxyl groups is 1. The summed E-state index contributed by atoms with van der Waals surface area (Å²) in [6.07, 6.45) is 0.844. The van der Waals surface area contributed by atoms with Crippen LogP contribution in [0.4, 0.5) is 11.8 Å². The second-order valence-corrected chi connectivity index (χ2v) is 3.79. The van der Waals surface area contributed by atoms with Crippen molar-refractivity contribution in [1.29, 1.82) is 0 Å². The predicted octanol–water partition coefficient (Wildman–Crippen LogP) is -0.855. The van der Waals surface area contributed by atoms with Crippen molar-refractivity contribution in [1.82, 2.24) is 19.5 Å². The van der Waals surface area contributed by atoms with Crippen molar-refractivity contribution in [3.05, 3.63) is 6.33 Å².